The van der Waals surface area contributed by atoms with Gasteiger partial charge in [-0.3, -0.25) is 14.8 Å². The Morgan fingerprint density at radius 1 is 1.15 bits per heavy atom. The molecule has 134 valence electrons. The molecule has 3 rings (SSSR count). The smallest absolute Gasteiger partial charge is 0.284 e. The van der Waals surface area contributed by atoms with E-state index in [-0.39, 0.29) is 15.6 Å². The molecule has 3 aromatic rings. The number of aromatic nitrogens is 2. The van der Waals surface area contributed by atoms with Gasteiger partial charge in [-0.25, -0.2) is 17.8 Å². The fourth-order valence-corrected chi connectivity index (χ4v) is 3.28. The molecule has 0 saturated carbocycles. The first-order valence-corrected chi connectivity index (χ1v) is 9.09. The lowest BCUT2D eigenvalue weighted by Crippen LogP contribution is -2.42. The highest BCUT2D eigenvalue weighted by Crippen LogP contribution is 2.15. The second-order valence-electron chi connectivity index (χ2n) is 5.14. The number of halogens is 2. The van der Waals surface area contributed by atoms with Crippen LogP contribution in [0.15, 0.2) is 66.0 Å². The van der Waals surface area contributed by atoms with Crippen molar-refractivity contribution in [2.75, 3.05) is 0 Å². The van der Waals surface area contributed by atoms with E-state index in [9.17, 15) is 17.6 Å². The number of amides is 1. The first-order valence-electron chi connectivity index (χ1n) is 7.23. The summed E-state index contributed by atoms with van der Waals surface area (Å²) in [5.74, 6) is -1.16. The average Bonchev–Trinajstić information content (AvgIpc) is 3.10. The summed E-state index contributed by atoms with van der Waals surface area (Å²) in [6.07, 6.45) is 2.61. The first kappa shape index (κ1) is 18.1. The zero-order valence-corrected chi connectivity index (χ0v) is 14.6. The molecule has 0 fully saturated rings. The Hall–Kier alpha value is -2.75. The molecule has 0 saturated heterocycles. The van der Waals surface area contributed by atoms with Crippen LogP contribution in [-0.4, -0.2) is 23.9 Å². The number of sulfonamides is 1. The van der Waals surface area contributed by atoms with Gasteiger partial charge in [0.05, 0.1) is 17.4 Å². The number of imidazole rings is 1. The molecule has 1 aromatic heterocycles. The third-order valence-corrected chi connectivity index (χ3v) is 4.86. The summed E-state index contributed by atoms with van der Waals surface area (Å²) in [4.78, 5) is 18.1. The lowest BCUT2D eigenvalue weighted by atomic mass is 10.3. The number of benzene rings is 2. The Labute approximate surface area is 153 Å². The van der Waals surface area contributed by atoms with Crippen LogP contribution >= 0.6 is 11.6 Å². The van der Waals surface area contributed by atoms with Crippen molar-refractivity contribution in [2.45, 2.75) is 4.90 Å². The molecule has 1 heterocycles. The minimum absolute atomic E-state index is 0.0606. The van der Waals surface area contributed by atoms with Gasteiger partial charge < -0.3 is 0 Å². The van der Waals surface area contributed by atoms with Gasteiger partial charge in [0.1, 0.15) is 11.5 Å². The molecule has 26 heavy (non-hydrogen) atoms. The third-order valence-electron chi connectivity index (χ3n) is 3.38. The number of hydrogen-bond acceptors (Lipinski definition) is 4. The van der Waals surface area contributed by atoms with Crippen molar-refractivity contribution in [3.63, 3.8) is 0 Å². The Balaban J connectivity index is 1.77. The van der Waals surface area contributed by atoms with Crippen molar-refractivity contribution < 1.29 is 17.6 Å². The van der Waals surface area contributed by atoms with Gasteiger partial charge in [-0.2, -0.15) is 0 Å². The number of carbonyl (C=O) groups excluding carboxylic acids is 1. The molecular formula is C16H12ClFN4O3S. The monoisotopic (exact) mass is 394 g/mol. The molecular weight excluding hydrogens is 383 g/mol. The maximum absolute atomic E-state index is 13.0. The third kappa shape index (κ3) is 3.90. The zero-order chi connectivity index (χ0) is 18.7. The molecule has 0 aliphatic carbocycles. The lowest BCUT2D eigenvalue weighted by molar-refractivity contribution is 0.0938. The SMILES string of the molecule is O=C(NNS(=O)(=O)c1cccc(Cl)c1)c1cncn1-c1ccc(F)cc1. The molecule has 10 heteroatoms. The van der Waals surface area contributed by atoms with E-state index in [0.717, 1.165) is 0 Å². The zero-order valence-electron chi connectivity index (χ0n) is 13.1. The van der Waals surface area contributed by atoms with Crippen LogP contribution in [0.4, 0.5) is 4.39 Å². The van der Waals surface area contributed by atoms with Gasteiger partial charge in [0.15, 0.2) is 0 Å². The van der Waals surface area contributed by atoms with E-state index >= 15 is 0 Å². The fourth-order valence-electron chi connectivity index (χ4n) is 2.14. The van der Waals surface area contributed by atoms with Gasteiger partial charge in [0.25, 0.3) is 15.9 Å². The van der Waals surface area contributed by atoms with Crippen LogP contribution in [0.1, 0.15) is 10.5 Å². The molecule has 2 N–H and O–H groups in total. The maximum atomic E-state index is 13.0. The van der Waals surface area contributed by atoms with Crippen LogP contribution in [0.2, 0.25) is 5.02 Å². The van der Waals surface area contributed by atoms with Crippen molar-refractivity contribution in [3.05, 3.63) is 77.6 Å². The summed E-state index contributed by atoms with van der Waals surface area (Å²) in [6, 6.07) is 11.0. The Bertz CT molecular complexity index is 1050. The normalized spacial score (nSPS) is 11.3. The Kier molecular flexibility index (Phi) is 5.03. The first-order chi connectivity index (χ1) is 12.4. The topological polar surface area (TPSA) is 93.1 Å². The average molecular weight is 395 g/mol. The summed E-state index contributed by atoms with van der Waals surface area (Å²) >= 11 is 5.78. The van der Waals surface area contributed by atoms with Crippen molar-refractivity contribution in [1.82, 2.24) is 19.8 Å². The number of nitrogens with zero attached hydrogens (tertiary/aromatic N) is 2. The summed E-state index contributed by atoms with van der Waals surface area (Å²) in [5, 5.41) is 0.244. The van der Waals surface area contributed by atoms with Gasteiger partial charge in [0.2, 0.25) is 0 Å². The summed E-state index contributed by atoms with van der Waals surface area (Å²) in [6.45, 7) is 0. The molecule has 1 amide bonds. The molecule has 0 spiro atoms. The van der Waals surface area contributed by atoms with Crippen molar-refractivity contribution in [1.29, 1.82) is 0 Å². The molecule has 7 nitrogen and oxygen atoms in total. The highest BCUT2D eigenvalue weighted by molar-refractivity contribution is 7.89. The number of rotatable bonds is 5. The van der Waals surface area contributed by atoms with Crippen LogP contribution in [0.25, 0.3) is 5.69 Å². The van der Waals surface area contributed by atoms with E-state index in [1.807, 2.05) is 4.83 Å². The minimum atomic E-state index is -4.00. The Morgan fingerprint density at radius 2 is 1.88 bits per heavy atom. The Morgan fingerprint density at radius 3 is 2.58 bits per heavy atom. The van der Waals surface area contributed by atoms with Gasteiger partial charge >= 0.3 is 0 Å². The lowest BCUT2D eigenvalue weighted by Gasteiger charge is -2.10. The van der Waals surface area contributed by atoms with E-state index in [0.29, 0.717) is 5.69 Å². The molecule has 0 aliphatic rings. The summed E-state index contributed by atoms with van der Waals surface area (Å²) < 4.78 is 38.8. The van der Waals surface area contributed by atoms with Gasteiger partial charge in [-0.15, -0.1) is 4.83 Å². The maximum Gasteiger partial charge on any atom is 0.284 e. The van der Waals surface area contributed by atoms with E-state index < -0.39 is 21.7 Å². The van der Waals surface area contributed by atoms with E-state index in [4.69, 9.17) is 11.6 Å². The largest absolute Gasteiger partial charge is 0.295 e. The van der Waals surface area contributed by atoms with Crippen LogP contribution in [0.3, 0.4) is 0 Å². The standard InChI is InChI=1S/C16H12ClFN4O3S/c17-11-2-1-3-14(8-11)26(24,25)21-20-16(23)15-9-19-10-22(15)13-6-4-12(18)5-7-13/h1-10,21H,(H,20,23). The van der Waals surface area contributed by atoms with Gasteiger partial charge in [0, 0.05) is 10.7 Å². The highest BCUT2D eigenvalue weighted by Gasteiger charge is 2.18. The van der Waals surface area contributed by atoms with Crippen LogP contribution in [0, 0.1) is 5.82 Å². The van der Waals surface area contributed by atoms with Gasteiger partial charge in [-0.05, 0) is 42.5 Å². The molecule has 0 radical (unpaired) electrons. The summed E-state index contributed by atoms with van der Waals surface area (Å²) in [5.41, 5.74) is 2.66. The molecule has 0 bridgehead atoms. The predicted molar refractivity (Wildman–Crippen MR) is 92.8 cm³/mol. The summed E-state index contributed by atoms with van der Waals surface area (Å²) in [7, 11) is -4.00. The number of carbonyl (C=O) groups is 1. The molecule has 0 atom stereocenters. The quantitative estimate of drug-likeness (QED) is 0.649. The van der Waals surface area contributed by atoms with Gasteiger partial charge in [-0.1, -0.05) is 17.7 Å². The fraction of sp³-hybridized carbons (Fsp3) is 0. The minimum Gasteiger partial charge on any atom is -0.295 e. The van der Waals surface area contributed by atoms with E-state index in [2.05, 4.69) is 10.4 Å². The molecule has 0 aliphatic heterocycles. The number of hydrazine groups is 1. The van der Waals surface area contributed by atoms with Crippen molar-refractivity contribution in [3.8, 4) is 5.69 Å². The van der Waals surface area contributed by atoms with E-state index in [1.54, 1.807) is 0 Å². The van der Waals surface area contributed by atoms with E-state index in [1.165, 1.54) is 65.6 Å². The van der Waals surface area contributed by atoms with Crippen LogP contribution in [0.5, 0.6) is 0 Å². The predicted octanol–water partition coefficient (Wildman–Crippen LogP) is 2.29. The second kappa shape index (κ2) is 7.24. The van der Waals surface area contributed by atoms with Crippen LogP contribution < -0.4 is 10.3 Å². The second-order valence-corrected chi connectivity index (χ2v) is 7.26. The molecule has 0 unspecified atom stereocenters. The highest BCUT2D eigenvalue weighted by atomic mass is 35.5. The van der Waals surface area contributed by atoms with Crippen molar-refractivity contribution in [2.24, 2.45) is 0 Å². The van der Waals surface area contributed by atoms with Crippen LogP contribution in [-0.2, 0) is 10.0 Å². The van der Waals surface area contributed by atoms with Crippen molar-refractivity contribution >= 4 is 27.5 Å². The number of hydrogen-bond donors (Lipinski definition) is 2. The number of nitrogens with one attached hydrogen (secondary N) is 2. The molecule has 2 aromatic carbocycles.